The van der Waals surface area contributed by atoms with Gasteiger partial charge < -0.3 is 10.2 Å². The number of thioether (sulfide) groups is 1. The first kappa shape index (κ1) is 18.7. The topological polar surface area (TPSA) is 49.4 Å². The molecule has 3 rings (SSSR count). The van der Waals surface area contributed by atoms with Crippen LogP contribution in [0, 0.1) is 5.92 Å². The predicted molar refractivity (Wildman–Crippen MR) is 103 cm³/mol. The number of halogens is 1. The zero-order valence-electron chi connectivity index (χ0n) is 14.4. The van der Waals surface area contributed by atoms with E-state index in [4.69, 9.17) is 11.6 Å². The number of ketones is 1. The normalized spacial score (nSPS) is 18.4. The van der Waals surface area contributed by atoms with Crippen LogP contribution in [0.1, 0.15) is 36.0 Å². The molecular weight excluding hydrogens is 356 g/mol. The molecule has 6 heteroatoms. The fourth-order valence-corrected chi connectivity index (χ4v) is 3.97. The first-order valence-corrected chi connectivity index (χ1v) is 10.5. The molecule has 0 unspecified atom stereocenters. The van der Waals surface area contributed by atoms with Crippen molar-refractivity contribution in [2.45, 2.75) is 31.7 Å². The van der Waals surface area contributed by atoms with E-state index in [0.717, 1.165) is 38.4 Å². The van der Waals surface area contributed by atoms with Crippen LogP contribution in [0.15, 0.2) is 24.3 Å². The number of likely N-dealkylation sites (tertiary alicyclic amines) is 1. The van der Waals surface area contributed by atoms with E-state index in [2.05, 4.69) is 5.32 Å². The highest BCUT2D eigenvalue weighted by Gasteiger charge is 2.25. The number of piperidine rings is 1. The Morgan fingerprint density at radius 2 is 1.76 bits per heavy atom. The van der Waals surface area contributed by atoms with E-state index in [0.29, 0.717) is 28.1 Å². The van der Waals surface area contributed by atoms with Crippen molar-refractivity contribution >= 4 is 35.1 Å². The summed E-state index contributed by atoms with van der Waals surface area (Å²) in [5, 5.41) is 4.25. The van der Waals surface area contributed by atoms with Gasteiger partial charge in [-0.05, 0) is 62.4 Å². The third-order valence-electron chi connectivity index (χ3n) is 4.86. The van der Waals surface area contributed by atoms with E-state index in [1.54, 1.807) is 24.3 Å². The summed E-state index contributed by atoms with van der Waals surface area (Å²) in [5.74, 6) is 1.79. The van der Waals surface area contributed by atoms with Crippen molar-refractivity contribution in [1.82, 2.24) is 10.2 Å². The van der Waals surface area contributed by atoms with Gasteiger partial charge in [0, 0.05) is 29.7 Å². The summed E-state index contributed by atoms with van der Waals surface area (Å²) < 4.78 is 0. The third-order valence-corrected chi connectivity index (χ3v) is 6.03. The Morgan fingerprint density at radius 3 is 2.40 bits per heavy atom. The molecule has 0 aromatic heterocycles. The van der Waals surface area contributed by atoms with Crippen molar-refractivity contribution in [3.05, 3.63) is 34.9 Å². The van der Waals surface area contributed by atoms with Crippen LogP contribution in [0.3, 0.4) is 0 Å². The van der Waals surface area contributed by atoms with E-state index in [9.17, 15) is 9.59 Å². The Balaban J connectivity index is 1.32. The molecule has 1 aliphatic heterocycles. The lowest BCUT2D eigenvalue weighted by atomic mass is 10.0. The van der Waals surface area contributed by atoms with Gasteiger partial charge in [0.25, 0.3) is 0 Å². The van der Waals surface area contributed by atoms with E-state index >= 15 is 0 Å². The summed E-state index contributed by atoms with van der Waals surface area (Å²) in [5.41, 5.74) is 0.645. The van der Waals surface area contributed by atoms with Crippen LogP contribution in [0.2, 0.25) is 5.02 Å². The van der Waals surface area contributed by atoms with Gasteiger partial charge in [0.1, 0.15) is 0 Å². The maximum atomic E-state index is 12.3. The fraction of sp³-hybridized carbons (Fsp3) is 0.579. The number of rotatable bonds is 8. The van der Waals surface area contributed by atoms with Crippen molar-refractivity contribution in [1.29, 1.82) is 0 Å². The molecule has 1 aromatic carbocycles. The number of hydrogen-bond acceptors (Lipinski definition) is 4. The van der Waals surface area contributed by atoms with Crippen molar-refractivity contribution in [3.63, 3.8) is 0 Å². The fourth-order valence-electron chi connectivity index (χ4n) is 3.03. The highest BCUT2D eigenvalue weighted by atomic mass is 35.5. The average Bonchev–Trinajstić information content (AvgIpc) is 3.45. The number of carbonyl (C=O) groups is 2. The molecule has 0 radical (unpaired) electrons. The Labute approximate surface area is 158 Å². The van der Waals surface area contributed by atoms with Crippen LogP contribution >= 0.6 is 23.4 Å². The highest BCUT2D eigenvalue weighted by Crippen LogP contribution is 2.28. The Kier molecular flexibility index (Phi) is 6.79. The van der Waals surface area contributed by atoms with Crippen LogP contribution < -0.4 is 5.32 Å². The molecule has 0 bridgehead atoms. The molecule has 1 heterocycles. The van der Waals surface area contributed by atoms with Gasteiger partial charge in [-0.25, -0.2) is 0 Å². The van der Waals surface area contributed by atoms with E-state index in [-0.39, 0.29) is 11.7 Å². The molecule has 0 spiro atoms. The number of amides is 1. The van der Waals surface area contributed by atoms with Crippen LogP contribution in [-0.4, -0.2) is 53.8 Å². The molecule has 2 aliphatic rings. The molecule has 1 amide bonds. The van der Waals surface area contributed by atoms with Gasteiger partial charge >= 0.3 is 0 Å². The number of Topliss-reactive ketones (excluding diaryl/α,β-unsaturated/α-hetero) is 1. The molecular formula is C19H25ClN2O2S. The van der Waals surface area contributed by atoms with Crippen molar-refractivity contribution in [2.75, 3.05) is 31.1 Å². The average molecular weight is 381 g/mol. The SMILES string of the molecule is O=C(CSCC(=O)N1CCC(NCC2CC2)CC1)c1ccc(Cl)cc1. The van der Waals surface area contributed by atoms with Crippen molar-refractivity contribution in [2.24, 2.45) is 5.92 Å². The lowest BCUT2D eigenvalue weighted by molar-refractivity contribution is -0.129. The third kappa shape index (κ3) is 6.01. The van der Waals surface area contributed by atoms with Crippen LogP contribution in [-0.2, 0) is 4.79 Å². The summed E-state index contributed by atoms with van der Waals surface area (Å²) in [4.78, 5) is 26.3. The lowest BCUT2D eigenvalue weighted by Crippen LogP contribution is -2.46. The lowest BCUT2D eigenvalue weighted by Gasteiger charge is -2.32. The molecule has 1 saturated heterocycles. The summed E-state index contributed by atoms with van der Waals surface area (Å²) in [6, 6.07) is 7.44. The second-order valence-corrected chi connectivity index (χ2v) is 8.35. The second-order valence-electron chi connectivity index (χ2n) is 6.93. The minimum Gasteiger partial charge on any atom is -0.342 e. The summed E-state index contributed by atoms with van der Waals surface area (Å²) in [7, 11) is 0. The molecule has 25 heavy (non-hydrogen) atoms. The molecule has 2 fully saturated rings. The van der Waals surface area contributed by atoms with Gasteiger partial charge in [0.2, 0.25) is 5.91 Å². The molecule has 1 aromatic rings. The highest BCUT2D eigenvalue weighted by molar-refractivity contribution is 8.00. The van der Waals surface area contributed by atoms with E-state index < -0.39 is 0 Å². The monoisotopic (exact) mass is 380 g/mol. The summed E-state index contributed by atoms with van der Waals surface area (Å²) in [6.45, 7) is 2.79. The molecule has 1 N–H and O–H groups in total. The smallest absolute Gasteiger partial charge is 0.232 e. The van der Waals surface area contributed by atoms with Gasteiger partial charge in [-0.3, -0.25) is 9.59 Å². The first-order chi connectivity index (χ1) is 12.1. The largest absolute Gasteiger partial charge is 0.342 e. The number of hydrogen-bond donors (Lipinski definition) is 1. The standard InChI is InChI=1S/C19H25ClN2O2S/c20-16-5-3-15(4-6-16)18(23)12-25-13-19(24)22-9-7-17(8-10-22)21-11-14-1-2-14/h3-6,14,17,21H,1-2,7-13H2. The maximum Gasteiger partial charge on any atom is 0.232 e. The second kappa shape index (κ2) is 9.06. The van der Waals surface area contributed by atoms with Crippen LogP contribution in [0.25, 0.3) is 0 Å². The minimum atomic E-state index is 0.0393. The Hall–Kier alpha value is -1.04. The summed E-state index contributed by atoms with van der Waals surface area (Å²) in [6.07, 6.45) is 4.81. The minimum absolute atomic E-state index is 0.0393. The molecule has 0 atom stereocenters. The van der Waals surface area contributed by atoms with Gasteiger partial charge in [-0.15, -0.1) is 11.8 Å². The van der Waals surface area contributed by atoms with Gasteiger partial charge in [-0.2, -0.15) is 0 Å². The molecule has 1 saturated carbocycles. The molecule has 136 valence electrons. The molecule has 4 nitrogen and oxygen atoms in total. The Morgan fingerprint density at radius 1 is 1.08 bits per heavy atom. The number of carbonyl (C=O) groups excluding carboxylic acids is 2. The van der Waals surface area contributed by atoms with Gasteiger partial charge in [0.05, 0.1) is 11.5 Å². The molecule has 1 aliphatic carbocycles. The zero-order chi connectivity index (χ0) is 17.6. The van der Waals surface area contributed by atoms with Crippen LogP contribution in [0.5, 0.6) is 0 Å². The predicted octanol–water partition coefficient (Wildman–Crippen LogP) is 3.25. The quantitative estimate of drug-likeness (QED) is 0.703. The first-order valence-electron chi connectivity index (χ1n) is 8.99. The number of nitrogens with zero attached hydrogens (tertiary/aromatic N) is 1. The van der Waals surface area contributed by atoms with E-state index in [1.165, 1.54) is 24.6 Å². The van der Waals surface area contributed by atoms with Gasteiger partial charge in [-0.1, -0.05) is 11.6 Å². The van der Waals surface area contributed by atoms with Crippen LogP contribution in [0.4, 0.5) is 0 Å². The van der Waals surface area contributed by atoms with Crippen molar-refractivity contribution in [3.8, 4) is 0 Å². The van der Waals surface area contributed by atoms with Crippen molar-refractivity contribution < 1.29 is 9.59 Å². The van der Waals surface area contributed by atoms with E-state index in [1.807, 2.05) is 4.90 Å². The number of nitrogens with one attached hydrogen (secondary N) is 1. The van der Waals surface area contributed by atoms with Gasteiger partial charge in [0.15, 0.2) is 5.78 Å². The maximum absolute atomic E-state index is 12.3. The zero-order valence-corrected chi connectivity index (χ0v) is 16.0. The Bertz CT molecular complexity index is 596. The number of benzene rings is 1. The summed E-state index contributed by atoms with van der Waals surface area (Å²) >= 11 is 7.22.